The summed E-state index contributed by atoms with van der Waals surface area (Å²) in [6.45, 7) is 5.35. The Bertz CT molecular complexity index is 788. The highest BCUT2D eigenvalue weighted by Gasteiger charge is 2.31. The molecule has 0 radical (unpaired) electrons. The van der Waals surface area contributed by atoms with Crippen LogP contribution in [0.25, 0.3) is 0 Å². The van der Waals surface area contributed by atoms with Crippen LogP contribution >= 0.6 is 0 Å². The molecule has 2 N–H and O–H groups in total. The molecule has 0 saturated heterocycles. The van der Waals surface area contributed by atoms with Crippen LogP contribution in [0.5, 0.6) is 5.75 Å². The number of hydrogen-bond donors (Lipinski definition) is 2. The second-order valence-corrected chi connectivity index (χ2v) is 6.80. The quantitative estimate of drug-likeness (QED) is 0.897. The Labute approximate surface area is 146 Å². The molecule has 7 nitrogen and oxygen atoms in total. The molecule has 7 heteroatoms. The molecule has 1 aromatic carbocycles. The Morgan fingerprint density at radius 1 is 1.40 bits per heavy atom. The lowest BCUT2D eigenvalue weighted by atomic mass is 9.94. The Hall–Kier alpha value is -2.57. The summed E-state index contributed by atoms with van der Waals surface area (Å²) in [7, 11) is 0. The summed E-state index contributed by atoms with van der Waals surface area (Å²) in [6, 6.07) is 7.73. The summed E-state index contributed by atoms with van der Waals surface area (Å²) in [6.07, 6.45) is 1.87. The minimum Gasteiger partial charge on any atom is -0.493 e. The van der Waals surface area contributed by atoms with Gasteiger partial charge in [0.05, 0.1) is 12.6 Å². The Morgan fingerprint density at radius 3 is 3.12 bits per heavy atom. The molecule has 4 rings (SSSR count). The highest BCUT2D eigenvalue weighted by atomic mass is 16.5. The van der Waals surface area contributed by atoms with E-state index in [1.165, 1.54) is 0 Å². The summed E-state index contributed by atoms with van der Waals surface area (Å²) in [5.74, 6) is 2.68. The molecule has 0 spiro atoms. The third-order valence-corrected chi connectivity index (χ3v) is 4.99. The van der Waals surface area contributed by atoms with Gasteiger partial charge in [0.2, 0.25) is 0 Å². The molecule has 2 aliphatic heterocycles. The number of carbonyl (C=O) groups excluding carboxylic acids is 1. The van der Waals surface area contributed by atoms with E-state index >= 15 is 0 Å². The SMILES string of the molecule is Cc1nc2n(n1)CCC[C@@H]2NC(=O)N[C@@H](C)[C@@H]1COc2ccccc21. The number of rotatable bonds is 3. The van der Waals surface area contributed by atoms with Gasteiger partial charge in [0.15, 0.2) is 0 Å². The van der Waals surface area contributed by atoms with Gasteiger partial charge in [-0.1, -0.05) is 18.2 Å². The number of carbonyl (C=O) groups is 1. The van der Waals surface area contributed by atoms with Gasteiger partial charge >= 0.3 is 6.03 Å². The molecule has 0 unspecified atom stereocenters. The van der Waals surface area contributed by atoms with Crippen molar-refractivity contribution >= 4 is 6.03 Å². The van der Waals surface area contributed by atoms with E-state index in [-0.39, 0.29) is 24.0 Å². The molecule has 3 atom stereocenters. The van der Waals surface area contributed by atoms with Gasteiger partial charge in [-0.3, -0.25) is 0 Å². The first-order chi connectivity index (χ1) is 12.1. The predicted molar refractivity (Wildman–Crippen MR) is 92.5 cm³/mol. The van der Waals surface area contributed by atoms with Gasteiger partial charge in [-0.25, -0.2) is 14.5 Å². The number of amides is 2. The molecular formula is C18H23N5O2. The second kappa shape index (κ2) is 6.38. The molecule has 2 aromatic rings. The topological polar surface area (TPSA) is 81.1 Å². The van der Waals surface area contributed by atoms with Gasteiger partial charge in [-0.05, 0) is 32.8 Å². The Kier molecular flexibility index (Phi) is 4.07. The van der Waals surface area contributed by atoms with Gasteiger partial charge in [-0.2, -0.15) is 5.10 Å². The minimum atomic E-state index is -0.170. The van der Waals surface area contributed by atoms with E-state index in [0.717, 1.165) is 42.3 Å². The van der Waals surface area contributed by atoms with E-state index in [2.05, 4.69) is 26.8 Å². The van der Waals surface area contributed by atoms with E-state index in [0.29, 0.717) is 6.61 Å². The fourth-order valence-corrected chi connectivity index (χ4v) is 3.71. The Morgan fingerprint density at radius 2 is 2.24 bits per heavy atom. The number of fused-ring (bicyclic) bond motifs is 2. The van der Waals surface area contributed by atoms with E-state index in [4.69, 9.17) is 4.74 Å². The van der Waals surface area contributed by atoms with Crippen molar-refractivity contribution in [3.8, 4) is 5.75 Å². The number of hydrogen-bond acceptors (Lipinski definition) is 4. The summed E-state index contributed by atoms with van der Waals surface area (Å²) >= 11 is 0. The smallest absolute Gasteiger partial charge is 0.315 e. The number of aromatic nitrogens is 3. The third-order valence-electron chi connectivity index (χ3n) is 4.99. The average Bonchev–Trinajstić information content (AvgIpc) is 3.18. The molecule has 1 aromatic heterocycles. The maximum Gasteiger partial charge on any atom is 0.315 e. The largest absolute Gasteiger partial charge is 0.493 e. The number of para-hydroxylation sites is 1. The van der Waals surface area contributed by atoms with E-state index in [1.54, 1.807) is 0 Å². The lowest BCUT2D eigenvalue weighted by molar-refractivity contribution is 0.225. The van der Waals surface area contributed by atoms with Crippen molar-refractivity contribution < 1.29 is 9.53 Å². The number of urea groups is 1. The number of ether oxygens (including phenoxy) is 1. The maximum atomic E-state index is 12.5. The molecule has 132 valence electrons. The number of aryl methyl sites for hydroxylation is 2. The van der Waals surface area contributed by atoms with Crippen molar-refractivity contribution in [3.63, 3.8) is 0 Å². The van der Waals surface area contributed by atoms with E-state index in [9.17, 15) is 4.79 Å². The monoisotopic (exact) mass is 341 g/mol. The minimum absolute atomic E-state index is 0.0214. The zero-order valence-corrected chi connectivity index (χ0v) is 14.5. The molecule has 0 bridgehead atoms. The molecule has 0 saturated carbocycles. The van der Waals surface area contributed by atoms with Crippen molar-refractivity contribution in [1.29, 1.82) is 0 Å². The number of nitrogens with zero attached hydrogens (tertiary/aromatic N) is 3. The van der Waals surface area contributed by atoms with Crippen LogP contribution in [0.15, 0.2) is 24.3 Å². The molecule has 2 amide bonds. The van der Waals surface area contributed by atoms with Crippen LogP contribution in [0.1, 0.15) is 48.9 Å². The summed E-state index contributed by atoms with van der Waals surface area (Å²) in [4.78, 5) is 16.9. The van der Waals surface area contributed by atoms with Gasteiger partial charge in [0, 0.05) is 24.1 Å². The maximum absolute atomic E-state index is 12.5. The van der Waals surface area contributed by atoms with Crippen LogP contribution in [0.2, 0.25) is 0 Å². The first kappa shape index (κ1) is 15.9. The van der Waals surface area contributed by atoms with Gasteiger partial charge < -0.3 is 15.4 Å². The predicted octanol–water partition coefficient (Wildman–Crippen LogP) is 2.29. The lowest BCUT2D eigenvalue weighted by Crippen LogP contribution is -2.46. The first-order valence-electron chi connectivity index (χ1n) is 8.82. The zero-order chi connectivity index (χ0) is 17.4. The van der Waals surface area contributed by atoms with Crippen LogP contribution in [0, 0.1) is 6.92 Å². The molecule has 2 aliphatic rings. The van der Waals surface area contributed by atoms with Crippen molar-refractivity contribution in [1.82, 2.24) is 25.4 Å². The summed E-state index contributed by atoms with van der Waals surface area (Å²) < 4.78 is 7.62. The van der Waals surface area contributed by atoms with Gasteiger partial charge in [0.1, 0.15) is 17.4 Å². The highest BCUT2D eigenvalue weighted by Crippen LogP contribution is 2.35. The molecule has 3 heterocycles. The normalized spacial score (nSPS) is 22.5. The summed E-state index contributed by atoms with van der Waals surface area (Å²) in [5, 5.41) is 10.5. The number of nitrogens with one attached hydrogen (secondary N) is 2. The van der Waals surface area contributed by atoms with Gasteiger partial charge in [-0.15, -0.1) is 0 Å². The van der Waals surface area contributed by atoms with E-state index < -0.39 is 0 Å². The lowest BCUT2D eigenvalue weighted by Gasteiger charge is -2.25. The fraction of sp³-hybridized carbons (Fsp3) is 0.500. The number of benzene rings is 1. The first-order valence-corrected chi connectivity index (χ1v) is 8.82. The molecule has 25 heavy (non-hydrogen) atoms. The zero-order valence-electron chi connectivity index (χ0n) is 14.5. The van der Waals surface area contributed by atoms with Crippen LogP contribution in [-0.4, -0.2) is 33.4 Å². The fourth-order valence-electron chi connectivity index (χ4n) is 3.71. The second-order valence-electron chi connectivity index (χ2n) is 6.80. The molecule has 0 fully saturated rings. The van der Waals surface area contributed by atoms with Crippen LogP contribution in [0.4, 0.5) is 4.79 Å². The average molecular weight is 341 g/mol. The Balaban J connectivity index is 1.40. The van der Waals surface area contributed by atoms with Crippen molar-refractivity contribution in [3.05, 3.63) is 41.5 Å². The third kappa shape index (κ3) is 3.06. The standard InChI is InChI=1S/C18H23N5O2/c1-11(14-10-25-16-8-4-3-6-13(14)16)19-18(24)21-15-7-5-9-23-17(15)20-12(2)22-23/h3-4,6,8,11,14-15H,5,7,9-10H2,1-2H3,(H2,19,21,24)/t11-,14-,15-/m0/s1. The van der Waals surface area contributed by atoms with Crippen molar-refractivity contribution in [2.24, 2.45) is 0 Å². The van der Waals surface area contributed by atoms with Crippen LogP contribution in [-0.2, 0) is 6.54 Å². The van der Waals surface area contributed by atoms with Crippen molar-refractivity contribution in [2.75, 3.05) is 6.61 Å². The summed E-state index contributed by atoms with van der Waals surface area (Å²) in [5.41, 5.74) is 1.16. The van der Waals surface area contributed by atoms with Gasteiger partial charge in [0.25, 0.3) is 0 Å². The molecular weight excluding hydrogens is 318 g/mol. The molecule has 0 aliphatic carbocycles. The van der Waals surface area contributed by atoms with E-state index in [1.807, 2.05) is 36.7 Å². The highest BCUT2D eigenvalue weighted by molar-refractivity contribution is 5.74. The van der Waals surface area contributed by atoms with Crippen LogP contribution < -0.4 is 15.4 Å². The van der Waals surface area contributed by atoms with Crippen LogP contribution in [0.3, 0.4) is 0 Å². The van der Waals surface area contributed by atoms with Crippen molar-refractivity contribution in [2.45, 2.75) is 51.2 Å².